The summed E-state index contributed by atoms with van der Waals surface area (Å²) < 4.78 is 16.5. The lowest BCUT2D eigenvalue weighted by Gasteiger charge is -2.12. The topological polar surface area (TPSA) is 107 Å². The molecule has 0 aliphatic carbocycles. The number of hydrogen-bond donors (Lipinski definition) is 2. The highest BCUT2D eigenvalue weighted by Crippen LogP contribution is 2.37. The summed E-state index contributed by atoms with van der Waals surface area (Å²) in [6, 6.07) is 22.2. The summed E-state index contributed by atoms with van der Waals surface area (Å²) in [5.41, 5.74) is 3.90. The third-order valence-corrected chi connectivity index (χ3v) is 5.81. The van der Waals surface area contributed by atoms with Gasteiger partial charge in [0.1, 0.15) is 5.82 Å². The minimum atomic E-state index is -0.951. The fourth-order valence-electron chi connectivity index (χ4n) is 3.99. The minimum absolute atomic E-state index is 0.226. The maximum Gasteiger partial charge on any atom is 0.335 e. The van der Waals surface area contributed by atoms with Crippen LogP contribution < -0.4 is 14.8 Å². The smallest absolute Gasteiger partial charge is 0.335 e. The summed E-state index contributed by atoms with van der Waals surface area (Å²) in [4.78, 5) is 20.6. The number of furan rings is 1. The van der Waals surface area contributed by atoms with Crippen LogP contribution in [0.5, 0.6) is 11.5 Å². The van der Waals surface area contributed by atoms with E-state index in [9.17, 15) is 4.79 Å². The molecule has 5 aromatic rings. The number of fused-ring (bicyclic) bond motifs is 2. The number of hydrogen-bond acceptors (Lipinski definition) is 7. The van der Waals surface area contributed by atoms with E-state index in [-0.39, 0.29) is 12.4 Å². The molecule has 35 heavy (non-hydrogen) atoms. The number of benzene rings is 3. The first-order valence-electron chi connectivity index (χ1n) is 11.0. The van der Waals surface area contributed by atoms with Crippen molar-refractivity contribution < 1.29 is 23.8 Å². The van der Waals surface area contributed by atoms with Crippen LogP contribution in [0.2, 0.25) is 0 Å². The largest absolute Gasteiger partial charge is 0.478 e. The predicted molar refractivity (Wildman–Crippen MR) is 130 cm³/mol. The molecule has 6 rings (SSSR count). The number of carboxylic acids is 1. The molecule has 8 heteroatoms. The van der Waals surface area contributed by atoms with E-state index in [1.165, 1.54) is 0 Å². The summed E-state index contributed by atoms with van der Waals surface area (Å²) in [5, 5.41) is 13.3. The molecule has 172 valence electrons. The first-order chi connectivity index (χ1) is 17.1. The van der Waals surface area contributed by atoms with Crippen molar-refractivity contribution in [3.63, 3.8) is 0 Å². The molecule has 0 unspecified atom stereocenters. The van der Waals surface area contributed by atoms with Gasteiger partial charge in [-0.05, 0) is 65.2 Å². The van der Waals surface area contributed by atoms with Crippen molar-refractivity contribution in [1.29, 1.82) is 0 Å². The van der Waals surface area contributed by atoms with Crippen molar-refractivity contribution in [2.75, 3.05) is 12.1 Å². The SMILES string of the molecule is O=C(O)c1ccc(CNc2nc(-c3ccco3)nc3cc(-c4ccc5c(c4)OCO5)ccc23)cc1. The van der Waals surface area contributed by atoms with Gasteiger partial charge in [0.05, 0.1) is 17.3 Å². The van der Waals surface area contributed by atoms with Crippen molar-refractivity contribution in [3.8, 4) is 34.2 Å². The third-order valence-electron chi connectivity index (χ3n) is 5.81. The van der Waals surface area contributed by atoms with E-state index < -0.39 is 5.97 Å². The Labute approximate surface area is 199 Å². The van der Waals surface area contributed by atoms with E-state index in [0.29, 0.717) is 23.9 Å². The lowest BCUT2D eigenvalue weighted by Crippen LogP contribution is -2.05. The molecular weight excluding hydrogens is 446 g/mol. The summed E-state index contributed by atoms with van der Waals surface area (Å²) >= 11 is 0. The molecule has 8 nitrogen and oxygen atoms in total. The number of anilines is 1. The normalized spacial score (nSPS) is 12.1. The highest BCUT2D eigenvalue weighted by Gasteiger charge is 2.16. The summed E-state index contributed by atoms with van der Waals surface area (Å²) in [6.45, 7) is 0.692. The summed E-state index contributed by atoms with van der Waals surface area (Å²) in [6.07, 6.45) is 1.59. The number of aromatic nitrogens is 2. The van der Waals surface area contributed by atoms with Crippen LogP contribution in [0.4, 0.5) is 5.82 Å². The second-order valence-electron chi connectivity index (χ2n) is 8.03. The zero-order valence-electron chi connectivity index (χ0n) is 18.4. The lowest BCUT2D eigenvalue weighted by atomic mass is 10.0. The second-order valence-corrected chi connectivity index (χ2v) is 8.03. The van der Waals surface area contributed by atoms with Gasteiger partial charge in [-0.15, -0.1) is 0 Å². The average Bonchev–Trinajstić information content (AvgIpc) is 3.59. The van der Waals surface area contributed by atoms with Gasteiger partial charge in [-0.1, -0.05) is 24.3 Å². The van der Waals surface area contributed by atoms with Crippen LogP contribution in [-0.2, 0) is 6.54 Å². The van der Waals surface area contributed by atoms with Crippen LogP contribution >= 0.6 is 0 Å². The van der Waals surface area contributed by atoms with Crippen LogP contribution in [0.25, 0.3) is 33.6 Å². The zero-order valence-corrected chi connectivity index (χ0v) is 18.4. The number of carboxylic acid groups (broad SMARTS) is 1. The van der Waals surface area contributed by atoms with Crippen molar-refractivity contribution in [1.82, 2.24) is 9.97 Å². The van der Waals surface area contributed by atoms with E-state index in [0.717, 1.165) is 39.1 Å². The molecule has 0 saturated heterocycles. The molecule has 0 fully saturated rings. The number of nitrogens with one attached hydrogen (secondary N) is 1. The van der Waals surface area contributed by atoms with Crippen LogP contribution in [0.3, 0.4) is 0 Å². The molecule has 0 saturated carbocycles. The summed E-state index contributed by atoms with van der Waals surface area (Å²) in [5.74, 6) is 2.19. The molecule has 1 aliphatic rings. The molecule has 3 heterocycles. The maximum absolute atomic E-state index is 11.1. The Morgan fingerprint density at radius 1 is 0.914 bits per heavy atom. The quantitative estimate of drug-likeness (QED) is 0.334. The Morgan fingerprint density at radius 3 is 2.51 bits per heavy atom. The molecule has 2 N–H and O–H groups in total. The van der Waals surface area contributed by atoms with E-state index >= 15 is 0 Å². The van der Waals surface area contributed by atoms with E-state index in [2.05, 4.69) is 5.32 Å². The average molecular weight is 465 g/mol. The highest BCUT2D eigenvalue weighted by atomic mass is 16.7. The number of carbonyl (C=O) groups is 1. The number of ether oxygens (including phenoxy) is 2. The number of nitrogens with zero attached hydrogens (tertiary/aromatic N) is 2. The fourth-order valence-corrected chi connectivity index (χ4v) is 3.99. The zero-order chi connectivity index (χ0) is 23.8. The Kier molecular flexibility index (Phi) is 5.03. The standard InChI is InChI=1S/C27H19N3O5/c31-27(32)17-5-3-16(4-6-17)14-28-25-20-9-7-18(19-8-10-22-24(13-19)35-15-34-22)12-21(20)29-26(30-25)23-2-1-11-33-23/h1-13H,14-15H2,(H,31,32)(H,28,29,30). The Balaban J connectivity index is 1.38. The molecule has 0 spiro atoms. The maximum atomic E-state index is 11.1. The molecule has 0 amide bonds. The van der Waals surface area contributed by atoms with Gasteiger partial charge in [0.2, 0.25) is 6.79 Å². The van der Waals surface area contributed by atoms with Gasteiger partial charge in [0.25, 0.3) is 0 Å². The molecule has 0 radical (unpaired) electrons. The van der Waals surface area contributed by atoms with Crippen LogP contribution in [0.15, 0.2) is 83.5 Å². The molecule has 0 bridgehead atoms. The van der Waals surface area contributed by atoms with E-state index in [4.69, 9.17) is 29.0 Å². The first-order valence-corrected chi connectivity index (χ1v) is 11.0. The van der Waals surface area contributed by atoms with Crippen LogP contribution in [-0.4, -0.2) is 27.8 Å². The number of aromatic carboxylic acids is 1. The van der Waals surface area contributed by atoms with Gasteiger partial charge in [0.15, 0.2) is 23.1 Å². The minimum Gasteiger partial charge on any atom is -0.478 e. The third kappa shape index (κ3) is 4.02. The van der Waals surface area contributed by atoms with Crippen LogP contribution in [0.1, 0.15) is 15.9 Å². The highest BCUT2D eigenvalue weighted by molar-refractivity contribution is 5.93. The predicted octanol–water partition coefficient (Wildman–Crippen LogP) is 5.60. The van der Waals surface area contributed by atoms with Crippen molar-refractivity contribution in [2.45, 2.75) is 6.54 Å². The second kappa shape index (κ2) is 8.49. The van der Waals surface area contributed by atoms with Gasteiger partial charge >= 0.3 is 5.97 Å². The molecular formula is C27H19N3O5. The van der Waals surface area contributed by atoms with Crippen molar-refractivity contribution in [3.05, 3.63) is 90.2 Å². The van der Waals surface area contributed by atoms with E-state index in [1.54, 1.807) is 36.6 Å². The molecule has 1 aliphatic heterocycles. The van der Waals surface area contributed by atoms with Crippen LogP contribution in [0, 0.1) is 0 Å². The van der Waals surface area contributed by atoms with Gasteiger partial charge in [-0.2, -0.15) is 0 Å². The van der Waals surface area contributed by atoms with Gasteiger partial charge in [0, 0.05) is 11.9 Å². The van der Waals surface area contributed by atoms with Gasteiger partial charge in [-0.25, -0.2) is 14.8 Å². The van der Waals surface area contributed by atoms with E-state index in [1.807, 2.05) is 42.5 Å². The summed E-state index contributed by atoms with van der Waals surface area (Å²) in [7, 11) is 0. The first kappa shape index (κ1) is 20.7. The molecule has 3 aromatic carbocycles. The fraction of sp³-hybridized carbons (Fsp3) is 0.0741. The number of rotatable bonds is 6. The lowest BCUT2D eigenvalue weighted by molar-refractivity contribution is 0.0697. The van der Waals surface area contributed by atoms with Crippen molar-refractivity contribution in [2.24, 2.45) is 0 Å². The molecule has 2 aromatic heterocycles. The Hall–Kier alpha value is -4.85. The van der Waals surface area contributed by atoms with Gasteiger partial charge in [-0.3, -0.25) is 0 Å². The Morgan fingerprint density at radius 2 is 1.71 bits per heavy atom. The molecule has 0 atom stereocenters. The van der Waals surface area contributed by atoms with Crippen molar-refractivity contribution >= 4 is 22.7 Å². The van der Waals surface area contributed by atoms with Gasteiger partial charge < -0.3 is 24.3 Å². The Bertz CT molecular complexity index is 1550. The monoisotopic (exact) mass is 465 g/mol.